The molecule has 1 aliphatic rings. The van der Waals surface area contributed by atoms with Crippen molar-refractivity contribution in [2.24, 2.45) is 0 Å². The van der Waals surface area contributed by atoms with Gasteiger partial charge in [-0.15, -0.1) is 0 Å². The number of hydrogen-bond donors (Lipinski definition) is 1. The fourth-order valence-corrected chi connectivity index (χ4v) is 4.39. The Morgan fingerprint density at radius 3 is 2.24 bits per heavy atom. The van der Waals surface area contributed by atoms with Crippen molar-refractivity contribution in [3.63, 3.8) is 0 Å². The standard InChI is InChI=1S/C25H28N4O5/c1-27(32)24(31)28-15-13-25(14-16-28,23(30)34-3)22-17-21(18-9-11-20(33-2)12-10-18)29(26-22)19-7-5-4-6-8-19/h4-12,17,32H,13-16H2,1-3H3. The number of hydrogen-bond acceptors (Lipinski definition) is 6. The van der Waals surface area contributed by atoms with Gasteiger partial charge in [0.05, 0.1) is 31.3 Å². The van der Waals surface area contributed by atoms with Crippen LogP contribution in [0.2, 0.25) is 0 Å². The number of amides is 2. The monoisotopic (exact) mass is 464 g/mol. The maximum Gasteiger partial charge on any atom is 0.343 e. The van der Waals surface area contributed by atoms with Gasteiger partial charge in [0.2, 0.25) is 0 Å². The minimum Gasteiger partial charge on any atom is -0.497 e. The molecular formula is C25H28N4O5. The molecule has 178 valence electrons. The second-order valence-electron chi connectivity index (χ2n) is 8.26. The molecule has 0 saturated carbocycles. The van der Waals surface area contributed by atoms with Crippen molar-refractivity contribution in [1.82, 2.24) is 19.7 Å². The van der Waals surface area contributed by atoms with Crippen molar-refractivity contribution in [2.75, 3.05) is 34.4 Å². The molecule has 0 radical (unpaired) electrons. The maximum absolute atomic E-state index is 13.1. The number of hydroxylamine groups is 2. The predicted octanol–water partition coefficient (Wildman–Crippen LogP) is 3.50. The Morgan fingerprint density at radius 2 is 1.68 bits per heavy atom. The van der Waals surface area contributed by atoms with E-state index < -0.39 is 17.4 Å². The zero-order chi connectivity index (χ0) is 24.3. The quantitative estimate of drug-likeness (QED) is 0.353. The van der Waals surface area contributed by atoms with E-state index in [4.69, 9.17) is 14.6 Å². The number of carbonyl (C=O) groups is 2. The molecule has 9 heteroatoms. The molecule has 0 spiro atoms. The smallest absolute Gasteiger partial charge is 0.343 e. The van der Waals surface area contributed by atoms with E-state index >= 15 is 0 Å². The maximum atomic E-state index is 13.1. The van der Waals surface area contributed by atoms with Gasteiger partial charge in [-0.05, 0) is 55.3 Å². The van der Waals surface area contributed by atoms with Crippen molar-refractivity contribution < 1.29 is 24.3 Å². The van der Waals surface area contributed by atoms with Crippen LogP contribution in [-0.2, 0) is 14.9 Å². The van der Waals surface area contributed by atoms with Crippen LogP contribution in [0.5, 0.6) is 5.75 Å². The third kappa shape index (κ3) is 4.22. The number of methoxy groups -OCH3 is 2. The van der Waals surface area contributed by atoms with Crippen molar-refractivity contribution in [3.05, 3.63) is 66.4 Å². The lowest BCUT2D eigenvalue weighted by atomic mass is 9.75. The SMILES string of the molecule is COC(=O)C1(c2cc(-c3ccc(OC)cc3)n(-c3ccccc3)n2)CCN(C(=O)N(C)O)CC1. The molecule has 1 aliphatic heterocycles. The highest BCUT2D eigenvalue weighted by molar-refractivity contribution is 5.84. The van der Waals surface area contributed by atoms with Gasteiger partial charge in [0.25, 0.3) is 0 Å². The number of nitrogens with zero attached hydrogens (tertiary/aromatic N) is 4. The zero-order valence-electron chi connectivity index (χ0n) is 19.5. The van der Waals surface area contributed by atoms with Gasteiger partial charge in [0, 0.05) is 25.7 Å². The molecule has 9 nitrogen and oxygen atoms in total. The van der Waals surface area contributed by atoms with E-state index in [2.05, 4.69) is 0 Å². The molecule has 1 saturated heterocycles. The van der Waals surface area contributed by atoms with Gasteiger partial charge in [0.15, 0.2) is 0 Å². The summed E-state index contributed by atoms with van der Waals surface area (Å²) in [4.78, 5) is 26.9. The normalized spacial score (nSPS) is 15.0. The lowest BCUT2D eigenvalue weighted by Gasteiger charge is -2.39. The number of benzene rings is 2. The molecule has 2 amide bonds. The van der Waals surface area contributed by atoms with Crippen molar-refractivity contribution in [1.29, 1.82) is 0 Å². The number of carbonyl (C=O) groups excluding carboxylic acids is 2. The molecule has 0 atom stereocenters. The molecular weight excluding hydrogens is 436 g/mol. The lowest BCUT2D eigenvalue weighted by molar-refractivity contribution is -0.149. The average molecular weight is 465 g/mol. The molecule has 1 N–H and O–H groups in total. The topological polar surface area (TPSA) is 97.1 Å². The van der Waals surface area contributed by atoms with Crippen LogP contribution in [0, 0.1) is 0 Å². The van der Waals surface area contributed by atoms with Crippen LogP contribution in [0.3, 0.4) is 0 Å². The summed E-state index contributed by atoms with van der Waals surface area (Å²) in [6, 6.07) is 18.8. The number of urea groups is 1. The van der Waals surface area contributed by atoms with Gasteiger partial charge in [-0.25, -0.2) is 14.5 Å². The number of likely N-dealkylation sites (tertiary alicyclic amines) is 1. The van der Waals surface area contributed by atoms with Crippen LogP contribution in [0.1, 0.15) is 18.5 Å². The van der Waals surface area contributed by atoms with Crippen molar-refractivity contribution >= 4 is 12.0 Å². The van der Waals surface area contributed by atoms with E-state index in [1.807, 2.05) is 65.3 Å². The Hall–Kier alpha value is -3.85. The van der Waals surface area contributed by atoms with Gasteiger partial charge >= 0.3 is 12.0 Å². The zero-order valence-corrected chi connectivity index (χ0v) is 19.5. The van der Waals surface area contributed by atoms with Crippen LogP contribution in [0.4, 0.5) is 4.79 Å². The number of esters is 1. The molecule has 2 aromatic carbocycles. The molecule has 4 rings (SSSR count). The highest BCUT2D eigenvalue weighted by Crippen LogP contribution is 2.39. The summed E-state index contributed by atoms with van der Waals surface area (Å²) in [6.07, 6.45) is 0.653. The van der Waals surface area contributed by atoms with Crippen molar-refractivity contribution in [2.45, 2.75) is 18.3 Å². The van der Waals surface area contributed by atoms with Gasteiger partial charge < -0.3 is 14.4 Å². The molecule has 1 aromatic heterocycles. The van der Waals surface area contributed by atoms with Gasteiger partial charge in [-0.2, -0.15) is 5.10 Å². The number of aromatic nitrogens is 2. The fraction of sp³-hybridized carbons (Fsp3) is 0.320. The van der Waals surface area contributed by atoms with Gasteiger partial charge in [-0.1, -0.05) is 18.2 Å². The van der Waals surface area contributed by atoms with Crippen LogP contribution in [0.15, 0.2) is 60.7 Å². The largest absolute Gasteiger partial charge is 0.497 e. The summed E-state index contributed by atoms with van der Waals surface area (Å²) in [5, 5.41) is 15.0. The first kappa shape index (κ1) is 23.3. The van der Waals surface area contributed by atoms with Crippen molar-refractivity contribution in [3.8, 4) is 22.7 Å². The van der Waals surface area contributed by atoms with Crippen LogP contribution >= 0.6 is 0 Å². The summed E-state index contributed by atoms with van der Waals surface area (Å²) < 4.78 is 12.3. The molecule has 3 aromatic rings. The van der Waals surface area contributed by atoms with E-state index in [1.54, 1.807) is 7.11 Å². The van der Waals surface area contributed by atoms with E-state index in [-0.39, 0.29) is 13.1 Å². The number of ether oxygens (including phenoxy) is 2. The number of piperidine rings is 1. The van der Waals surface area contributed by atoms with E-state index in [1.165, 1.54) is 19.1 Å². The van der Waals surface area contributed by atoms with Crippen LogP contribution in [-0.4, -0.2) is 71.3 Å². The Bertz CT molecular complexity index is 1150. The molecule has 1 fully saturated rings. The summed E-state index contributed by atoms with van der Waals surface area (Å²) in [7, 11) is 4.27. The van der Waals surface area contributed by atoms with Gasteiger partial charge in [-0.3, -0.25) is 10.0 Å². The van der Waals surface area contributed by atoms with E-state index in [9.17, 15) is 14.8 Å². The predicted molar refractivity (Wildman–Crippen MR) is 125 cm³/mol. The fourth-order valence-electron chi connectivity index (χ4n) is 4.39. The summed E-state index contributed by atoms with van der Waals surface area (Å²) >= 11 is 0. The second kappa shape index (κ2) is 9.56. The van der Waals surface area contributed by atoms with E-state index in [0.717, 1.165) is 22.7 Å². The van der Waals surface area contributed by atoms with Crippen LogP contribution in [0.25, 0.3) is 16.9 Å². The third-order valence-corrected chi connectivity index (χ3v) is 6.33. The highest BCUT2D eigenvalue weighted by atomic mass is 16.5. The molecule has 0 aliphatic carbocycles. The number of rotatable bonds is 5. The minimum atomic E-state index is -1.01. The Morgan fingerprint density at radius 1 is 1.03 bits per heavy atom. The summed E-state index contributed by atoms with van der Waals surface area (Å²) in [6.45, 7) is 0.573. The Balaban J connectivity index is 1.79. The molecule has 2 heterocycles. The molecule has 34 heavy (non-hydrogen) atoms. The molecule has 0 unspecified atom stereocenters. The first-order valence-electron chi connectivity index (χ1n) is 11.0. The lowest BCUT2D eigenvalue weighted by Crippen LogP contribution is -2.51. The summed E-state index contributed by atoms with van der Waals surface area (Å²) in [5.41, 5.74) is 2.16. The summed E-state index contributed by atoms with van der Waals surface area (Å²) in [5.74, 6) is 0.350. The second-order valence-corrected chi connectivity index (χ2v) is 8.26. The first-order chi connectivity index (χ1) is 16.4. The first-order valence-corrected chi connectivity index (χ1v) is 11.0. The average Bonchev–Trinajstić information content (AvgIpc) is 3.34. The van der Waals surface area contributed by atoms with E-state index in [0.29, 0.717) is 23.6 Å². The molecule has 0 bridgehead atoms. The number of para-hydroxylation sites is 1. The highest BCUT2D eigenvalue weighted by Gasteiger charge is 2.47. The Labute approximate surface area is 198 Å². The van der Waals surface area contributed by atoms with Crippen LogP contribution < -0.4 is 4.74 Å². The minimum absolute atomic E-state index is 0.287. The van der Waals surface area contributed by atoms with Gasteiger partial charge in [0.1, 0.15) is 11.2 Å². The third-order valence-electron chi connectivity index (χ3n) is 6.33. The Kier molecular flexibility index (Phi) is 6.56.